The van der Waals surface area contributed by atoms with Crippen LogP contribution in [0.4, 0.5) is 0 Å². The molecule has 1 aromatic rings. The minimum atomic E-state index is -3.15. The molecule has 2 rings (SSSR count). The van der Waals surface area contributed by atoms with Crippen LogP contribution in [-0.2, 0) is 19.4 Å². The summed E-state index contributed by atoms with van der Waals surface area (Å²) in [7, 11) is 1.15. The highest BCUT2D eigenvalue weighted by molar-refractivity contribution is 7.91. The van der Waals surface area contributed by atoms with Gasteiger partial charge in [-0.05, 0) is 31.9 Å². The minimum Gasteiger partial charge on any atom is -0.493 e. The van der Waals surface area contributed by atoms with Gasteiger partial charge >= 0.3 is 5.97 Å². The zero-order valence-electron chi connectivity index (χ0n) is 18.0. The second kappa shape index (κ2) is 10.0. The fourth-order valence-electron chi connectivity index (χ4n) is 3.48. The number of nitrogens with zero attached hydrogens (tertiary/aromatic N) is 1. The molecule has 10 heteroatoms. The third-order valence-electron chi connectivity index (χ3n) is 5.18. The summed E-state index contributed by atoms with van der Waals surface area (Å²) in [5.41, 5.74) is 0.135. The van der Waals surface area contributed by atoms with Crippen LogP contribution in [0.3, 0.4) is 0 Å². The first-order valence-electron chi connectivity index (χ1n) is 9.66. The van der Waals surface area contributed by atoms with Crippen LogP contribution in [0.1, 0.15) is 37.0 Å². The predicted octanol–water partition coefficient (Wildman–Crippen LogP) is 1.68. The lowest BCUT2D eigenvalue weighted by Crippen LogP contribution is -2.48. The zero-order valence-corrected chi connectivity index (χ0v) is 18.8. The van der Waals surface area contributed by atoms with E-state index < -0.39 is 34.4 Å². The van der Waals surface area contributed by atoms with Gasteiger partial charge in [0.25, 0.3) is 5.91 Å². The molecule has 2 unspecified atom stereocenters. The number of hydrogen-bond acceptors (Lipinski definition) is 8. The Morgan fingerprint density at radius 3 is 2.17 bits per heavy atom. The summed E-state index contributed by atoms with van der Waals surface area (Å²) in [6.07, 6.45) is 1.04. The Kier molecular flexibility index (Phi) is 7.94. The van der Waals surface area contributed by atoms with Crippen LogP contribution in [0.15, 0.2) is 12.1 Å². The van der Waals surface area contributed by atoms with E-state index in [1.54, 1.807) is 0 Å². The number of benzene rings is 1. The van der Waals surface area contributed by atoms with Crippen molar-refractivity contribution in [3.8, 4) is 17.2 Å². The molecule has 0 radical (unpaired) electrons. The fourth-order valence-corrected chi connectivity index (χ4v) is 5.20. The molecule has 2 atom stereocenters. The first-order valence-corrected chi connectivity index (χ1v) is 11.5. The quantitative estimate of drug-likeness (QED) is 0.531. The Hall–Kier alpha value is -2.49. The Balaban J connectivity index is 2.14. The monoisotopic (exact) mass is 443 g/mol. The van der Waals surface area contributed by atoms with E-state index in [1.807, 2.05) is 13.8 Å². The second-order valence-electron chi connectivity index (χ2n) is 7.11. The van der Waals surface area contributed by atoms with Crippen molar-refractivity contribution in [2.75, 3.05) is 39.4 Å². The van der Waals surface area contributed by atoms with Gasteiger partial charge in [0.2, 0.25) is 5.75 Å². The summed E-state index contributed by atoms with van der Waals surface area (Å²) in [6.45, 7) is 3.27. The molecule has 168 valence electrons. The maximum atomic E-state index is 12.8. The van der Waals surface area contributed by atoms with Crippen LogP contribution in [0.5, 0.6) is 17.2 Å². The summed E-state index contributed by atoms with van der Waals surface area (Å²) >= 11 is 0. The summed E-state index contributed by atoms with van der Waals surface area (Å²) in [6, 6.07) is 2.29. The maximum absolute atomic E-state index is 12.8. The van der Waals surface area contributed by atoms with Crippen LogP contribution in [-0.4, -0.2) is 76.7 Å². The molecule has 0 aromatic heterocycles. The molecule has 0 saturated carbocycles. The van der Waals surface area contributed by atoms with E-state index in [9.17, 15) is 18.0 Å². The molecule has 9 nitrogen and oxygen atoms in total. The average molecular weight is 444 g/mol. The molecule has 0 N–H and O–H groups in total. The van der Waals surface area contributed by atoms with Crippen molar-refractivity contribution in [2.24, 2.45) is 0 Å². The molecule has 1 saturated heterocycles. The molecule has 0 spiro atoms. The van der Waals surface area contributed by atoms with E-state index >= 15 is 0 Å². The van der Waals surface area contributed by atoms with Crippen LogP contribution in [0.2, 0.25) is 0 Å². The van der Waals surface area contributed by atoms with E-state index in [0.29, 0.717) is 18.6 Å². The van der Waals surface area contributed by atoms with Crippen molar-refractivity contribution >= 4 is 21.7 Å². The summed E-state index contributed by atoms with van der Waals surface area (Å²) < 4.78 is 44.6. The number of methoxy groups -OCH3 is 3. The lowest BCUT2D eigenvalue weighted by Gasteiger charge is -2.33. The average Bonchev–Trinajstić information content (AvgIpc) is 3.09. The highest BCUT2D eigenvalue weighted by Gasteiger charge is 2.36. The molecule has 1 aromatic carbocycles. The molecular weight excluding hydrogens is 414 g/mol. The highest BCUT2D eigenvalue weighted by atomic mass is 32.2. The third kappa shape index (κ3) is 5.35. The van der Waals surface area contributed by atoms with Crippen molar-refractivity contribution in [3.63, 3.8) is 0 Å². The number of esters is 1. The first-order chi connectivity index (χ1) is 14.2. The molecule has 30 heavy (non-hydrogen) atoms. The summed E-state index contributed by atoms with van der Waals surface area (Å²) in [5, 5.41) is 0. The largest absolute Gasteiger partial charge is 0.493 e. The number of rotatable bonds is 9. The molecule has 0 aliphatic carbocycles. The molecule has 1 heterocycles. The van der Waals surface area contributed by atoms with Crippen LogP contribution < -0.4 is 14.2 Å². The third-order valence-corrected chi connectivity index (χ3v) is 6.93. The second-order valence-corrected chi connectivity index (χ2v) is 9.33. The number of amides is 1. The summed E-state index contributed by atoms with van der Waals surface area (Å²) in [4.78, 5) is 26.9. The molecule has 1 aliphatic heterocycles. The first kappa shape index (κ1) is 23.8. The smallest absolute Gasteiger partial charge is 0.338 e. The van der Waals surface area contributed by atoms with Crippen molar-refractivity contribution in [2.45, 2.75) is 38.8 Å². The van der Waals surface area contributed by atoms with Gasteiger partial charge in [0.15, 0.2) is 27.9 Å². The van der Waals surface area contributed by atoms with Gasteiger partial charge in [-0.3, -0.25) is 4.79 Å². The van der Waals surface area contributed by atoms with Gasteiger partial charge in [0, 0.05) is 12.1 Å². The number of sulfone groups is 1. The van der Waals surface area contributed by atoms with Crippen LogP contribution in [0, 0.1) is 0 Å². The molecule has 1 amide bonds. The predicted molar refractivity (Wildman–Crippen MR) is 110 cm³/mol. The molecule has 0 bridgehead atoms. The van der Waals surface area contributed by atoms with Crippen molar-refractivity contribution in [1.29, 1.82) is 0 Å². The zero-order chi connectivity index (χ0) is 22.5. The van der Waals surface area contributed by atoms with Crippen molar-refractivity contribution in [3.05, 3.63) is 17.7 Å². The highest BCUT2D eigenvalue weighted by Crippen LogP contribution is 2.38. The number of hydrogen-bond donors (Lipinski definition) is 0. The van der Waals surface area contributed by atoms with Crippen LogP contribution in [0.25, 0.3) is 0 Å². The maximum Gasteiger partial charge on any atom is 0.338 e. The van der Waals surface area contributed by atoms with Crippen LogP contribution >= 0.6 is 0 Å². The van der Waals surface area contributed by atoms with E-state index in [-0.39, 0.29) is 34.6 Å². The van der Waals surface area contributed by atoms with E-state index in [0.717, 1.165) is 0 Å². The lowest BCUT2D eigenvalue weighted by molar-refractivity contribution is -0.138. The SMILES string of the molecule is CCC(C)N(C(=O)COC(=O)c1cc(OC)c(OC)c(OC)c1)C1CCS(=O)(=O)C1. The van der Waals surface area contributed by atoms with Gasteiger partial charge in [-0.25, -0.2) is 13.2 Å². The number of carbonyl (C=O) groups excluding carboxylic acids is 2. The fraction of sp³-hybridized carbons (Fsp3) is 0.600. The lowest BCUT2D eigenvalue weighted by atomic mass is 10.1. The van der Waals surface area contributed by atoms with Gasteiger partial charge < -0.3 is 23.8 Å². The molecule has 1 aliphatic rings. The number of carbonyl (C=O) groups is 2. The molecule has 1 fully saturated rings. The van der Waals surface area contributed by atoms with E-state index in [4.69, 9.17) is 18.9 Å². The van der Waals surface area contributed by atoms with Gasteiger partial charge in [-0.15, -0.1) is 0 Å². The van der Waals surface area contributed by atoms with Gasteiger partial charge in [-0.1, -0.05) is 6.92 Å². The van der Waals surface area contributed by atoms with Gasteiger partial charge in [0.05, 0.1) is 38.4 Å². The van der Waals surface area contributed by atoms with Gasteiger partial charge in [0.1, 0.15) is 0 Å². The van der Waals surface area contributed by atoms with E-state index in [1.165, 1.54) is 38.4 Å². The Morgan fingerprint density at radius 1 is 1.13 bits per heavy atom. The van der Waals surface area contributed by atoms with E-state index in [2.05, 4.69) is 0 Å². The van der Waals surface area contributed by atoms with Gasteiger partial charge in [-0.2, -0.15) is 0 Å². The van der Waals surface area contributed by atoms with Crippen molar-refractivity contribution < 1.29 is 37.0 Å². The Labute approximate surface area is 177 Å². The summed E-state index contributed by atoms with van der Waals surface area (Å²) in [5.74, 6) is -0.261. The Morgan fingerprint density at radius 2 is 1.73 bits per heavy atom. The Bertz CT molecular complexity index is 858. The minimum absolute atomic E-state index is 0.0586. The normalized spacial score (nSPS) is 18.4. The molecular formula is C20H29NO8S. The number of ether oxygens (including phenoxy) is 4. The van der Waals surface area contributed by atoms with Crippen molar-refractivity contribution in [1.82, 2.24) is 4.90 Å². The standard InChI is InChI=1S/C20H29NO8S/c1-6-13(2)21(15-7-8-30(24,25)12-15)18(22)11-29-20(23)14-9-16(26-3)19(28-5)17(10-14)27-4/h9-10,13,15H,6-8,11-12H2,1-5H3. The topological polar surface area (TPSA) is 108 Å².